The highest BCUT2D eigenvalue weighted by Crippen LogP contribution is 2.28. The smallest absolute Gasteiger partial charge is 0.315 e. The third kappa shape index (κ3) is 4.19. The number of hydrogen-bond donors (Lipinski definition) is 2. The summed E-state index contributed by atoms with van der Waals surface area (Å²) in [6.07, 6.45) is 0. The van der Waals surface area contributed by atoms with Crippen molar-refractivity contribution in [3.8, 4) is 11.5 Å². The topological polar surface area (TPSA) is 89.5 Å². The lowest BCUT2D eigenvalue weighted by molar-refractivity contribution is -0.133. The van der Waals surface area contributed by atoms with Gasteiger partial charge >= 0.3 is 11.8 Å². The van der Waals surface area contributed by atoms with E-state index in [1.807, 2.05) is 0 Å². The molecule has 120 valence electrons. The van der Waals surface area contributed by atoms with Crippen LogP contribution in [0, 0.1) is 6.92 Å². The molecule has 2 rings (SSSR count). The van der Waals surface area contributed by atoms with Crippen molar-refractivity contribution in [3.05, 3.63) is 42.1 Å². The van der Waals surface area contributed by atoms with Gasteiger partial charge in [-0.15, -0.1) is 0 Å². The van der Waals surface area contributed by atoms with Crippen LogP contribution in [0.2, 0.25) is 0 Å². The molecule has 0 unspecified atom stereocenters. The fourth-order valence-corrected chi connectivity index (χ4v) is 1.87. The quantitative estimate of drug-likeness (QED) is 0.842. The third-order valence-electron chi connectivity index (χ3n) is 2.99. The first-order valence-electron chi connectivity index (χ1n) is 6.81. The molecule has 1 heterocycles. The molecule has 1 aromatic heterocycles. The number of hydrogen-bond acceptors (Lipinski definition) is 5. The number of benzene rings is 1. The first kappa shape index (κ1) is 16.3. The molecule has 2 N–H and O–H groups in total. The zero-order valence-corrected chi connectivity index (χ0v) is 13.0. The molecule has 0 radical (unpaired) electrons. The van der Waals surface area contributed by atoms with Crippen LogP contribution < -0.4 is 20.1 Å². The highest BCUT2D eigenvalue weighted by atomic mass is 16.5. The summed E-state index contributed by atoms with van der Waals surface area (Å²) in [7, 11) is 2.98. The predicted molar refractivity (Wildman–Crippen MR) is 85.8 cm³/mol. The van der Waals surface area contributed by atoms with Crippen LogP contribution in [0.5, 0.6) is 11.5 Å². The summed E-state index contributed by atoms with van der Waals surface area (Å²) < 4.78 is 10.2. The molecule has 7 heteroatoms. The number of pyridine rings is 1. The molecule has 0 saturated heterocycles. The summed E-state index contributed by atoms with van der Waals surface area (Å²) in [6.45, 7) is 1.79. The molecular formula is C16H17N3O4. The standard InChI is InChI=1S/C16H17N3O4/c1-10-5-4-6-14(17-10)19-16(21)15(20)18-12-8-7-11(22-2)9-13(12)23-3/h4-9H,1-3H3,(H,18,20)(H,17,19,21). The van der Waals surface area contributed by atoms with Gasteiger partial charge < -0.3 is 20.1 Å². The van der Waals surface area contributed by atoms with Gasteiger partial charge in [0.15, 0.2) is 0 Å². The Bertz CT molecular complexity index is 731. The van der Waals surface area contributed by atoms with Crippen LogP contribution in [-0.4, -0.2) is 31.0 Å². The van der Waals surface area contributed by atoms with Gasteiger partial charge in [0.05, 0.1) is 19.9 Å². The van der Waals surface area contributed by atoms with Gasteiger partial charge in [-0.05, 0) is 31.2 Å². The lowest BCUT2D eigenvalue weighted by Crippen LogP contribution is -2.29. The lowest BCUT2D eigenvalue weighted by atomic mass is 10.2. The van der Waals surface area contributed by atoms with Crippen molar-refractivity contribution < 1.29 is 19.1 Å². The van der Waals surface area contributed by atoms with Crippen LogP contribution >= 0.6 is 0 Å². The van der Waals surface area contributed by atoms with Gasteiger partial charge in [-0.1, -0.05) is 6.07 Å². The van der Waals surface area contributed by atoms with Crippen molar-refractivity contribution in [3.63, 3.8) is 0 Å². The molecule has 0 saturated carbocycles. The van der Waals surface area contributed by atoms with E-state index in [9.17, 15) is 9.59 Å². The number of carbonyl (C=O) groups excluding carboxylic acids is 2. The van der Waals surface area contributed by atoms with E-state index < -0.39 is 11.8 Å². The molecule has 0 aliphatic carbocycles. The Morgan fingerprint density at radius 3 is 2.39 bits per heavy atom. The molecule has 0 fully saturated rings. The van der Waals surface area contributed by atoms with Crippen molar-refractivity contribution >= 4 is 23.3 Å². The molecule has 7 nitrogen and oxygen atoms in total. The van der Waals surface area contributed by atoms with Crippen LogP contribution in [0.25, 0.3) is 0 Å². The first-order chi connectivity index (χ1) is 11.0. The summed E-state index contributed by atoms with van der Waals surface area (Å²) >= 11 is 0. The van der Waals surface area contributed by atoms with Gasteiger partial charge in [0, 0.05) is 11.8 Å². The number of nitrogens with one attached hydrogen (secondary N) is 2. The fraction of sp³-hybridized carbons (Fsp3) is 0.188. The second-order valence-electron chi connectivity index (χ2n) is 4.64. The van der Waals surface area contributed by atoms with Crippen LogP contribution in [0.3, 0.4) is 0 Å². The zero-order chi connectivity index (χ0) is 16.8. The van der Waals surface area contributed by atoms with Crippen LogP contribution in [0.15, 0.2) is 36.4 Å². The molecule has 0 atom stereocenters. The third-order valence-corrected chi connectivity index (χ3v) is 2.99. The van der Waals surface area contributed by atoms with Gasteiger partial charge in [0.2, 0.25) is 0 Å². The minimum Gasteiger partial charge on any atom is -0.497 e. The maximum absolute atomic E-state index is 12.0. The van der Waals surface area contributed by atoms with Crippen LogP contribution in [-0.2, 0) is 9.59 Å². The molecule has 2 aromatic rings. The number of nitrogens with zero attached hydrogens (tertiary/aromatic N) is 1. The fourth-order valence-electron chi connectivity index (χ4n) is 1.87. The van der Waals surface area contributed by atoms with Gasteiger partial charge in [0.25, 0.3) is 0 Å². The van der Waals surface area contributed by atoms with Crippen LogP contribution in [0.4, 0.5) is 11.5 Å². The second kappa shape index (κ2) is 7.26. The maximum Gasteiger partial charge on any atom is 0.315 e. The Kier molecular flexibility index (Phi) is 5.14. The molecule has 2 amide bonds. The minimum absolute atomic E-state index is 0.312. The van der Waals surface area contributed by atoms with Gasteiger partial charge in [0.1, 0.15) is 17.3 Å². The maximum atomic E-state index is 12.0. The van der Waals surface area contributed by atoms with E-state index in [-0.39, 0.29) is 0 Å². The van der Waals surface area contributed by atoms with Crippen molar-refractivity contribution in [1.82, 2.24) is 4.98 Å². The van der Waals surface area contributed by atoms with E-state index in [0.29, 0.717) is 23.0 Å². The van der Waals surface area contributed by atoms with Crippen molar-refractivity contribution in [2.45, 2.75) is 6.92 Å². The second-order valence-corrected chi connectivity index (χ2v) is 4.64. The normalized spacial score (nSPS) is 9.87. The molecule has 0 aliphatic heterocycles. The average Bonchev–Trinajstić information content (AvgIpc) is 2.55. The lowest BCUT2D eigenvalue weighted by Gasteiger charge is -2.11. The molecule has 0 spiro atoms. The highest BCUT2D eigenvalue weighted by molar-refractivity contribution is 6.43. The molecule has 0 aliphatic rings. The molecule has 0 bridgehead atoms. The van der Waals surface area contributed by atoms with Gasteiger partial charge in [-0.2, -0.15) is 0 Å². The number of rotatable bonds is 4. The number of anilines is 2. The van der Waals surface area contributed by atoms with Gasteiger partial charge in [-0.25, -0.2) is 4.98 Å². The average molecular weight is 315 g/mol. The first-order valence-corrected chi connectivity index (χ1v) is 6.81. The zero-order valence-electron chi connectivity index (χ0n) is 13.0. The molecule has 23 heavy (non-hydrogen) atoms. The number of aromatic nitrogens is 1. The number of carbonyl (C=O) groups is 2. The monoisotopic (exact) mass is 315 g/mol. The molecular weight excluding hydrogens is 298 g/mol. The predicted octanol–water partition coefficient (Wildman–Crippen LogP) is 1.98. The number of ether oxygens (including phenoxy) is 2. The summed E-state index contributed by atoms with van der Waals surface area (Å²) in [6, 6.07) is 9.98. The summed E-state index contributed by atoms with van der Waals surface area (Å²) in [5.41, 5.74) is 1.10. The highest BCUT2D eigenvalue weighted by Gasteiger charge is 2.17. The van der Waals surface area contributed by atoms with Crippen molar-refractivity contribution in [2.24, 2.45) is 0 Å². The summed E-state index contributed by atoms with van der Waals surface area (Å²) in [5.74, 6) is -0.364. The van der Waals surface area contributed by atoms with Gasteiger partial charge in [-0.3, -0.25) is 9.59 Å². The van der Waals surface area contributed by atoms with E-state index >= 15 is 0 Å². The Morgan fingerprint density at radius 2 is 1.74 bits per heavy atom. The van der Waals surface area contributed by atoms with E-state index in [1.54, 1.807) is 43.3 Å². The Morgan fingerprint density at radius 1 is 1.00 bits per heavy atom. The van der Waals surface area contributed by atoms with E-state index in [2.05, 4.69) is 15.6 Å². The number of methoxy groups -OCH3 is 2. The Balaban J connectivity index is 2.08. The van der Waals surface area contributed by atoms with E-state index in [0.717, 1.165) is 5.69 Å². The minimum atomic E-state index is -0.822. The largest absolute Gasteiger partial charge is 0.497 e. The summed E-state index contributed by atoms with van der Waals surface area (Å²) in [5, 5.41) is 4.92. The van der Waals surface area contributed by atoms with Crippen molar-refractivity contribution in [1.29, 1.82) is 0 Å². The molecule has 1 aromatic carbocycles. The van der Waals surface area contributed by atoms with Crippen molar-refractivity contribution in [2.75, 3.05) is 24.9 Å². The van der Waals surface area contributed by atoms with Crippen LogP contribution in [0.1, 0.15) is 5.69 Å². The summed E-state index contributed by atoms with van der Waals surface area (Å²) in [4.78, 5) is 28.0. The number of aryl methyl sites for hydroxylation is 1. The van der Waals surface area contributed by atoms with E-state index in [1.165, 1.54) is 14.2 Å². The van der Waals surface area contributed by atoms with E-state index in [4.69, 9.17) is 9.47 Å². The Labute approximate surface area is 133 Å². The Hall–Kier alpha value is -3.09. The number of amides is 2. The SMILES string of the molecule is COc1ccc(NC(=O)C(=O)Nc2cccc(C)n2)c(OC)c1.